The van der Waals surface area contributed by atoms with Crippen LogP contribution in [0.25, 0.3) is 0 Å². The van der Waals surface area contributed by atoms with E-state index in [-0.39, 0.29) is 19.8 Å². The SMILES string of the molecule is COC(=O)[C@H]1O[C@@H](OCc2ccccc2)[C@H](OCc2ccccc2)[C@@H](OCc2ccccc2)[C@@H]1OCc1ccccc1. The van der Waals surface area contributed by atoms with E-state index in [0.29, 0.717) is 6.61 Å². The molecule has 0 bridgehead atoms. The topological polar surface area (TPSA) is 72.5 Å². The normalized spacial score (nSPS) is 22.0. The Bertz CT molecular complexity index is 1340. The second kappa shape index (κ2) is 15.4. The van der Waals surface area contributed by atoms with Crippen molar-refractivity contribution in [3.05, 3.63) is 144 Å². The number of carbonyl (C=O) groups is 1. The molecule has 0 saturated carbocycles. The molecule has 0 radical (unpaired) electrons. The monoisotopic (exact) mass is 568 g/mol. The van der Waals surface area contributed by atoms with Crippen molar-refractivity contribution in [1.29, 1.82) is 0 Å². The summed E-state index contributed by atoms with van der Waals surface area (Å²) >= 11 is 0. The van der Waals surface area contributed by atoms with Crippen molar-refractivity contribution in [2.75, 3.05) is 7.11 Å². The number of methoxy groups -OCH3 is 1. The molecular weight excluding hydrogens is 532 g/mol. The number of carbonyl (C=O) groups excluding carboxylic acids is 1. The molecule has 0 aromatic heterocycles. The maximum absolute atomic E-state index is 13.1. The van der Waals surface area contributed by atoms with Gasteiger partial charge < -0.3 is 28.4 Å². The van der Waals surface area contributed by atoms with Crippen molar-refractivity contribution in [3.63, 3.8) is 0 Å². The lowest BCUT2D eigenvalue weighted by atomic mass is 9.97. The number of rotatable bonds is 13. The zero-order valence-corrected chi connectivity index (χ0v) is 23.6. The Hall–Kier alpha value is -3.85. The minimum atomic E-state index is -1.10. The van der Waals surface area contributed by atoms with E-state index in [1.807, 2.05) is 121 Å². The molecule has 218 valence electrons. The molecule has 1 heterocycles. The molecule has 4 aromatic rings. The number of benzene rings is 4. The largest absolute Gasteiger partial charge is 0.467 e. The first kappa shape index (κ1) is 29.6. The van der Waals surface area contributed by atoms with Gasteiger partial charge in [0.15, 0.2) is 12.4 Å². The average Bonchev–Trinajstić information content (AvgIpc) is 3.06. The van der Waals surface area contributed by atoms with Gasteiger partial charge in [0.2, 0.25) is 0 Å². The Morgan fingerprint density at radius 2 is 0.881 bits per heavy atom. The van der Waals surface area contributed by atoms with Crippen molar-refractivity contribution in [2.24, 2.45) is 0 Å². The molecule has 0 amide bonds. The minimum Gasteiger partial charge on any atom is -0.467 e. The fourth-order valence-corrected chi connectivity index (χ4v) is 4.85. The third-order valence-corrected chi connectivity index (χ3v) is 7.04. The van der Waals surface area contributed by atoms with Gasteiger partial charge in [-0.25, -0.2) is 4.79 Å². The molecule has 5 rings (SSSR count). The maximum Gasteiger partial charge on any atom is 0.337 e. The summed E-state index contributed by atoms with van der Waals surface area (Å²) in [5, 5.41) is 0. The van der Waals surface area contributed by atoms with E-state index in [0.717, 1.165) is 22.3 Å². The van der Waals surface area contributed by atoms with Crippen LogP contribution in [0.1, 0.15) is 22.3 Å². The van der Waals surface area contributed by atoms with Crippen molar-refractivity contribution >= 4 is 5.97 Å². The van der Waals surface area contributed by atoms with Crippen LogP contribution in [0.4, 0.5) is 0 Å². The zero-order chi connectivity index (χ0) is 29.0. The van der Waals surface area contributed by atoms with Crippen molar-refractivity contribution < 1.29 is 33.2 Å². The molecular formula is C35H36O7. The third kappa shape index (κ3) is 8.12. The summed E-state index contributed by atoms with van der Waals surface area (Å²) in [5.74, 6) is -0.573. The van der Waals surface area contributed by atoms with E-state index < -0.39 is 36.7 Å². The lowest BCUT2D eigenvalue weighted by Gasteiger charge is -2.44. The summed E-state index contributed by atoms with van der Waals surface area (Å²) in [4.78, 5) is 13.1. The van der Waals surface area contributed by atoms with E-state index in [9.17, 15) is 4.79 Å². The van der Waals surface area contributed by atoms with Crippen LogP contribution < -0.4 is 0 Å². The van der Waals surface area contributed by atoms with E-state index in [1.165, 1.54) is 7.11 Å². The molecule has 4 aromatic carbocycles. The van der Waals surface area contributed by atoms with Gasteiger partial charge in [-0.1, -0.05) is 121 Å². The van der Waals surface area contributed by atoms with Gasteiger partial charge in [0.1, 0.15) is 18.3 Å². The van der Waals surface area contributed by atoms with Crippen LogP contribution in [0.5, 0.6) is 0 Å². The number of hydrogen-bond donors (Lipinski definition) is 0. The van der Waals surface area contributed by atoms with Crippen LogP contribution >= 0.6 is 0 Å². The highest BCUT2D eigenvalue weighted by atomic mass is 16.7. The zero-order valence-electron chi connectivity index (χ0n) is 23.6. The Balaban J connectivity index is 1.46. The molecule has 0 spiro atoms. The Labute approximate surface area is 246 Å². The molecule has 1 aliphatic rings. The Morgan fingerprint density at radius 1 is 0.524 bits per heavy atom. The van der Waals surface area contributed by atoms with Crippen LogP contribution in [-0.2, 0) is 59.6 Å². The predicted octanol–water partition coefficient (Wildman–Crippen LogP) is 5.86. The second-order valence-corrected chi connectivity index (χ2v) is 10.0. The summed E-state index contributed by atoms with van der Waals surface area (Å²) in [6, 6.07) is 39.2. The smallest absolute Gasteiger partial charge is 0.337 e. The van der Waals surface area contributed by atoms with Crippen molar-refractivity contribution in [3.8, 4) is 0 Å². The first-order valence-electron chi connectivity index (χ1n) is 14.1. The molecule has 5 atom stereocenters. The van der Waals surface area contributed by atoms with Crippen molar-refractivity contribution in [2.45, 2.75) is 57.1 Å². The van der Waals surface area contributed by atoms with Gasteiger partial charge in [-0.3, -0.25) is 0 Å². The lowest BCUT2D eigenvalue weighted by Crippen LogP contribution is -2.62. The Kier molecular flexibility index (Phi) is 10.9. The molecule has 0 aliphatic carbocycles. The number of ether oxygens (including phenoxy) is 6. The third-order valence-electron chi connectivity index (χ3n) is 7.04. The fraction of sp³-hybridized carbons (Fsp3) is 0.286. The molecule has 42 heavy (non-hydrogen) atoms. The number of esters is 1. The van der Waals surface area contributed by atoms with Gasteiger partial charge in [0.05, 0.1) is 33.5 Å². The highest BCUT2D eigenvalue weighted by Gasteiger charge is 2.52. The summed E-state index contributed by atoms with van der Waals surface area (Å²) in [5.41, 5.74) is 3.87. The van der Waals surface area contributed by atoms with Crippen LogP contribution in [0.2, 0.25) is 0 Å². The standard InChI is InChI=1S/C35H36O7/c1-37-34(36)32-30(38-22-26-14-6-2-7-15-26)31(39-23-27-16-8-3-9-17-27)33(40-24-28-18-10-4-11-19-28)35(42-32)41-25-29-20-12-5-13-21-29/h2-21,30-33,35H,22-25H2,1H3/t30-,31-,32-,33+,35+/m0/s1. The van der Waals surface area contributed by atoms with E-state index >= 15 is 0 Å². The number of hydrogen-bond acceptors (Lipinski definition) is 7. The molecule has 1 aliphatic heterocycles. The molecule has 1 saturated heterocycles. The summed E-state index contributed by atoms with van der Waals surface area (Å²) in [6.07, 6.45) is -4.32. The van der Waals surface area contributed by atoms with Gasteiger partial charge in [-0.2, -0.15) is 0 Å². The summed E-state index contributed by atoms with van der Waals surface area (Å²) < 4.78 is 37.3. The summed E-state index contributed by atoms with van der Waals surface area (Å²) in [7, 11) is 1.33. The first-order chi connectivity index (χ1) is 20.7. The minimum absolute atomic E-state index is 0.245. The first-order valence-corrected chi connectivity index (χ1v) is 14.1. The van der Waals surface area contributed by atoms with E-state index in [4.69, 9.17) is 28.4 Å². The predicted molar refractivity (Wildman–Crippen MR) is 157 cm³/mol. The average molecular weight is 569 g/mol. The quantitative estimate of drug-likeness (QED) is 0.187. The summed E-state index contributed by atoms with van der Waals surface area (Å²) in [6.45, 7) is 1.07. The van der Waals surface area contributed by atoms with Gasteiger partial charge in [-0.05, 0) is 22.3 Å². The van der Waals surface area contributed by atoms with Gasteiger partial charge in [0, 0.05) is 0 Å². The van der Waals surface area contributed by atoms with E-state index in [1.54, 1.807) is 0 Å². The molecule has 7 heteroatoms. The van der Waals surface area contributed by atoms with Gasteiger partial charge >= 0.3 is 5.97 Å². The van der Waals surface area contributed by atoms with Crippen LogP contribution in [0, 0.1) is 0 Å². The maximum atomic E-state index is 13.1. The highest BCUT2D eigenvalue weighted by Crippen LogP contribution is 2.32. The second-order valence-electron chi connectivity index (χ2n) is 10.0. The molecule has 0 N–H and O–H groups in total. The molecule has 7 nitrogen and oxygen atoms in total. The van der Waals surface area contributed by atoms with Crippen LogP contribution in [0.15, 0.2) is 121 Å². The van der Waals surface area contributed by atoms with Gasteiger partial charge in [-0.15, -0.1) is 0 Å². The van der Waals surface area contributed by atoms with Crippen LogP contribution in [-0.4, -0.2) is 43.8 Å². The van der Waals surface area contributed by atoms with Gasteiger partial charge in [0.25, 0.3) is 0 Å². The molecule has 1 fully saturated rings. The van der Waals surface area contributed by atoms with E-state index in [2.05, 4.69) is 0 Å². The van der Waals surface area contributed by atoms with Crippen molar-refractivity contribution in [1.82, 2.24) is 0 Å². The lowest BCUT2D eigenvalue weighted by molar-refractivity contribution is -0.322. The fourth-order valence-electron chi connectivity index (χ4n) is 4.85. The Morgan fingerprint density at radius 3 is 1.29 bits per heavy atom. The highest BCUT2D eigenvalue weighted by molar-refractivity contribution is 5.75. The molecule has 0 unspecified atom stereocenters. The van der Waals surface area contributed by atoms with Crippen LogP contribution in [0.3, 0.4) is 0 Å².